The third kappa shape index (κ3) is 5.66. The fraction of sp³-hybridized carbons (Fsp3) is 0.412. The van der Waals surface area contributed by atoms with Crippen LogP contribution in [0.25, 0.3) is 0 Å². The van der Waals surface area contributed by atoms with Crippen LogP contribution in [0, 0.1) is 5.82 Å². The Morgan fingerprint density at radius 2 is 1.96 bits per heavy atom. The van der Waals surface area contributed by atoms with E-state index >= 15 is 0 Å². The van der Waals surface area contributed by atoms with Gasteiger partial charge in [0.1, 0.15) is 12.4 Å². The number of unbranched alkanes of at least 4 members (excludes halogenated alkanes) is 2. The Labute approximate surface area is 145 Å². The summed E-state index contributed by atoms with van der Waals surface area (Å²) < 4.78 is 14.3. The molecule has 1 heterocycles. The lowest BCUT2D eigenvalue weighted by Crippen LogP contribution is -2.34. The summed E-state index contributed by atoms with van der Waals surface area (Å²) in [5.41, 5.74) is 0.625. The molecule has 0 atom stereocenters. The normalized spacial score (nSPS) is 10.6. The lowest BCUT2D eigenvalue weighted by molar-refractivity contribution is -0.132. The highest BCUT2D eigenvalue weighted by molar-refractivity contribution is 5.84. The summed E-state index contributed by atoms with van der Waals surface area (Å²) >= 11 is 0. The Morgan fingerprint density at radius 3 is 2.56 bits per heavy atom. The SMILES string of the molecule is CCCCCN(Cc1ccc(F)cc1)C(=O)Cn1cc(C(=O)O)nn1. The first-order valence-electron chi connectivity index (χ1n) is 8.15. The minimum atomic E-state index is -1.19. The van der Waals surface area contributed by atoms with E-state index in [1.54, 1.807) is 17.0 Å². The summed E-state index contributed by atoms with van der Waals surface area (Å²) in [6, 6.07) is 6.02. The van der Waals surface area contributed by atoms with Crippen LogP contribution in [0.4, 0.5) is 4.39 Å². The monoisotopic (exact) mass is 348 g/mol. The molecule has 7 nitrogen and oxygen atoms in total. The number of hydrogen-bond acceptors (Lipinski definition) is 4. The molecule has 1 N–H and O–H groups in total. The maximum absolute atomic E-state index is 13.0. The molecule has 0 fully saturated rings. The van der Waals surface area contributed by atoms with Crippen molar-refractivity contribution < 1.29 is 19.1 Å². The molecule has 1 aromatic heterocycles. The second kappa shape index (κ2) is 8.91. The number of rotatable bonds is 9. The first-order valence-corrected chi connectivity index (χ1v) is 8.15. The van der Waals surface area contributed by atoms with E-state index in [9.17, 15) is 14.0 Å². The number of benzene rings is 1. The van der Waals surface area contributed by atoms with Crippen LogP contribution in [0.15, 0.2) is 30.5 Å². The van der Waals surface area contributed by atoms with Crippen LogP contribution in [0.1, 0.15) is 42.2 Å². The van der Waals surface area contributed by atoms with E-state index in [2.05, 4.69) is 17.2 Å². The topological polar surface area (TPSA) is 88.3 Å². The molecule has 0 saturated carbocycles. The molecule has 0 radical (unpaired) electrons. The summed E-state index contributed by atoms with van der Waals surface area (Å²) in [6.45, 7) is 2.93. The lowest BCUT2D eigenvalue weighted by Gasteiger charge is -2.23. The molecule has 134 valence electrons. The maximum atomic E-state index is 13.0. The average molecular weight is 348 g/mol. The zero-order chi connectivity index (χ0) is 18.2. The molecule has 0 unspecified atom stereocenters. The van der Waals surface area contributed by atoms with Gasteiger partial charge in [0, 0.05) is 13.1 Å². The van der Waals surface area contributed by atoms with Gasteiger partial charge in [-0.1, -0.05) is 37.1 Å². The van der Waals surface area contributed by atoms with Crippen LogP contribution in [-0.2, 0) is 17.9 Å². The molecule has 0 aliphatic carbocycles. The molecular formula is C17H21FN4O3. The number of halogens is 1. The van der Waals surface area contributed by atoms with Crippen LogP contribution in [-0.4, -0.2) is 43.4 Å². The summed E-state index contributed by atoms with van der Waals surface area (Å²) in [5, 5.41) is 16.0. The summed E-state index contributed by atoms with van der Waals surface area (Å²) in [4.78, 5) is 25.1. The Balaban J connectivity index is 2.05. The van der Waals surface area contributed by atoms with Crippen molar-refractivity contribution in [1.82, 2.24) is 19.9 Å². The van der Waals surface area contributed by atoms with Crippen molar-refractivity contribution in [2.45, 2.75) is 39.3 Å². The van der Waals surface area contributed by atoms with E-state index in [4.69, 9.17) is 5.11 Å². The molecule has 0 bridgehead atoms. The van der Waals surface area contributed by atoms with Gasteiger partial charge in [-0.25, -0.2) is 13.9 Å². The molecule has 1 amide bonds. The predicted molar refractivity (Wildman–Crippen MR) is 88.3 cm³/mol. The van der Waals surface area contributed by atoms with Crippen molar-refractivity contribution in [3.05, 3.63) is 47.5 Å². The number of carboxylic acid groups (broad SMARTS) is 1. The molecule has 0 aliphatic heterocycles. The Kier molecular flexibility index (Phi) is 6.62. The van der Waals surface area contributed by atoms with Gasteiger partial charge in [0.25, 0.3) is 0 Å². The Hall–Kier alpha value is -2.77. The zero-order valence-electron chi connectivity index (χ0n) is 14.1. The molecule has 0 spiro atoms. The van der Waals surface area contributed by atoms with Crippen molar-refractivity contribution in [1.29, 1.82) is 0 Å². The van der Waals surface area contributed by atoms with E-state index in [0.29, 0.717) is 13.1 Å². The summed E-state index contributed by atoms with van der Waals surface area (Å²) in [5.74, 6) is -1.71. The molecule has 0 aliphatic rings. The van der Waals surface area contributed by atoms with Crippen LogP contribution in [0.3, 0.4) is 0 Å². The van der Waals surface area contributed by atoms with Gasteiger partial charge >= 0.3 is 5.97 Å². The fourth-order valence-corrected chi connectivity index (χ4v) is 2.37. The van der Waals surface area contributed by atoms with E-state index in [1.807, 2.05) is 0 Å². The second-order valence-electron chi connectivity index (χ2n) is 5.76. The fourth-order valence-electron chi connectivity index (χ4n) is 2.37. The van der Waals surface area contributed by atoms with Gasteiger partial charge in [-0.15, -0.1) is 5.10 Å². The van der Waals surface area contributed by atoms with E-state index in [-0.39, 0.29) is 24.0 Å². The molecule has 25 heavy (non-hydrogen) atoms. The predicted octanol–water partition coefficient (Wildman–Crippen LogP) is 2.33. The number of aromatic carboxylic acids is 1. The van der Waals surface area contributed by atoms with E-state index < -0.39 is 5.97 Å². The highest BCUT2D eigenvalue weighted by Gasteiger charge is 2.16. The molecule has 0 saturated heterocycles. The van der Waals surface area contributed by atoms with Gasteiger partial charge in [-0.2, -0.15) is 0 Å². The van der Waals surface area contributed by atoms with Gasteiger partial charge in [-0.3, -0.25) is 4.79 Å². The third-order valence-electron chi connectivity index (χ3n) is 3.73. The van der Waals surface area contributed by atoms with Gasteiger partial charge in [0.15, 0.2) is 5.69 Å². The number of carbonyl (C=O) groups is 2. The van der Waals surface area contributed by atoms with Crippen molar-refractivity contribution >= 4 is 11.9 Å². The van der Waals surface area contributed by atoms with Crippen molar-refractivity contribution in [2.24, 2.45) is 0 Å². The number of carbonyl (C=O) groups excluding carboxylic acids is 1. The molecule has 2 rings (SSSR count). The Morgan fingerprint density at radius 1 is 1.24 bits per heavy atom. The first kappa shape index (κ1) is 18.6. The van der Waals surface area contributed by atoms with Crippen LogP contribution >= 0.6 is 0 Å². The smallest absolute Gasteiger partial charge is 0.358 e. The minimum Gasteiger partial charge on any atom is -0.476 e. The maximum Gasteiger partial charge on any atom is 0.358 e. The van der Waals surface area contributed by atoms with E-state index in [1.165, 1.54) is 23.0 Å². The van der Waals surface area contributed by atoms with E-state index in [0.717, 1.165) is 24.8 Å². The van der Waals surface area contributed by atoms with Crippen molar-refractivity contribution in [2.75, 3.05) is 6.54 Å². The quantitative estimate of drug-likeness (QED) is 0.703. The van der Waals surface area contributed by atoms with Crippen molar-refractivity contribution in [3.63, 3.8) is 0 Å². The minimum absolute atomic E-state index is 0.0897. The largest absolute Gasteiger partial charge is 0.476 e. The standard InChI is InChI=1S/C17H21FN4O3/c1-2-3-4-9-21(10-13-5-7-14(18)8-6-13)16(23)12-22-11-15(17(24)25)19-20-22/h5-8,11H,2-4,9-10,12H2,1H3,(H,24,25). The summed E-state index contributed by atoms with van der Waals surface area (Å²) in [7, 11) is 0. The number of carboxylic acids is 1. The number of hydrogen-bond donors (Lipinski definition) is 1. The molecule has 1 aromatic carbocycles. The van der Waals surface area contributed by atoms with Gasteiger partial charge < -0.3 is 10.0 Å². The van der Waals surface area contributed by atoms with Gasteiger partial charge in [-0.05, 0) is 24.1 Å². The second-order valence-corrected chi connectivity index (χ2v) is 5.76. The highest BCUT2D eigenvalue weighted by atomic mass is 19.1. The first-order chi connectivity index (χ1) is 12.0. The average Bonchev–Trinajstić information content (AvgIpc) is 3.04. The third-order valence-corrected chi connectivity index (χ3v) is 3.73. The van der Waals surface area contributed by atoms with Crippen LogP contribution < -0.4 is 0 Å². The van der Waals surface area contributed by atoms with Crippen molar-refractivity contribution in [3.8, 4) is 0 Å². The molecule has 2 aromatic rings. The number of aromatic nitrogens is 3. The van der Waals surface area contributed by atoms with Crippen LogP contribution in [0.5, 0.6) is 0 Å². The van der Waals surface area contributed by atoms with Gasteiger partial charge in [0.05, 0.1) is 6.20 Å². The van der Waals surface area contributed by atoms with Crippen LogP contribution in [0.2, 0.25) is 0 Å². The van der Waals surface area contributed by atoms with Gasteiger partial charge in [0.2, 0.25) is 5.91 Å². The lowest BCUT2D eigenvalue weighted by atomic mass is 10.2. The number of amides is 1. The molecule has 8 heteroatoms. The summed E-state index contributed by atoms with van der Waals surface area (Å²) in [6.07, 6.45) is 4.12. The number of nitrogens with zero attached hydrogens (tertiary/aromatic N) is 4. The molecular weight excluding hydrogens is 327 g/mol. The zero-order valence-corrected chi connectivity index (χ0v) is 14.1. The Bertz CT molecular complexity index is 715. The highest BCUT2D eigenvalue weighted by Crippen LogP contribution is 2.10.